The number of benzene rings is 1. The first-order valence-electron chi connectivity index (χ1n) is 9.07. The van der Waals surface area contributed by atoms with E-state index in [1.54, 1.807) is 25.4 Å². The third-order valence-electron chi connectivity index (χ3n) is 4.00. The molecule has 0 unspecified atom stereocenters. The van der Waals surface area contributed by atoms with Crippen molar-refractivity contribution in [3.8, 4) is 17.1 Å². The smallest absolute Gasteiger partial charge is 0.321 e. The van der Waals surface area contributed by atoms with Crippen LogP contribution in [0, 0.1) is 0 Å². The minimum atomic E-state index is -0.472. The second-order valence-electron chi connectivity index (χ2n) is 5.90. The van der Waals surface area contributed by atoms with E-state index in [2.05, 4.69) is 30.9 Å². The summed E-state index contributed by atoms with van der Waals surface area (Å²) in [5.74, 6) is -0.447. The Kier molecular flexibility index (Phi) is 7.47. The quantitative estimate of drug-likeness (QED) is 0.426. The highest BCUT2D eigenvalue weighted by Gasteiger charge is 2.17. The van der Waals surface area contributed by atoms with Gasteiger partial charge < -0.3 is 21.1 Å². The number of methoxy groups -OCH3 is 1. The molecule has 2 aromatic rings. The SMILES string of the molecule is CCNC(=O)NC(N)=Nc1c(CC)cc(-c2cnc(OC)nc2)cc1C(=O)NC. The summed E-state index contributed by atoms with van der Waals surface area (Å²) in [5.41, 5.74) is 8.81. The number of ether oxygens (including phenoxy) is 1. The molecule has 1 aromatic carbocycles. The van der Waals surface area contributed by atoms with Crippen molar-refractivity contribution in [3.05, 3.63) is 35.7 Å². The van der Waals surface area contributed by atoms with Crippen LogP contribution in [0.1, 0.15) is 29.8 Å². The highest BCUT2D eigenvalue weighted by atomic mass is 16.5. The van der Waals surface area contributed by atoms with Gasteiger partial charge in [-0.25, -0.2) is 19.8 Å². The molecule has 10 heteroatoms. The normalized spacial score (nSPS) is 11.0. The van der Waals surface area contributed by atoms with Crippen molar-refractivity contribution in [2.75, 3.05) is 20.7 Å². The zero-order valence-electron chi connectivity index (χ0n) is 16.9. The maximum absolute atomic E-state index is 12.5. The Morgan fingerprint density at radius 3 is 2.41 bits per heavy atom. The van der Waals surface area contributed by atoms with E-state index in [1.807, 2.05) is 13.0 Å². The zero-order chi connectivity index (χ0) is 21.4. The summed E-state index contributed by atoms with van der Waals surface area (Å²) in [6.07, 6.45) is 3.81. The fourth-order valence-electron chi connectivity index (χ4n) is 2.61. The predicted molar refractivity (Wildman–Crippen MR) is 110 cm³/mol. The molecule has 0 fully saturated rings. The summed E-state index contributed by atoms with van der Waals surface area (Å²) in [5, 5.41) is 7.61. The van der Waals surface area contributed by atoms with Gasteiger partial charge in [-0.3, -0.25) is 10.1 Å². The summed E-state index contributed by atoms with van der Waals surface area (Å²) in [6, 6.07) is 3.35. The number of urea groups is 1. The Morgan fingerprint density at radius 2 is 1.86 bits per heavy atom. The highest BCUT2D eigenvalue weighted by molar-refractivity contribution is 6.03. The molecule has 1 heterocycles. The first-order chi connectivity index (χ1) is 13.9. The van der Waals surface area contributed by atoms with Crippen molar-refractivity contribution in [2.24, 2.45) is 10.7 Å². The molecule has 10 nitrogen and oxygen atoms in total. The number of guanidine groups is 1. The van der Waals surface area contributed by atoms with Crippen LogP contribution in [-0.2, 0) is 6.42 Å². The number of nitrogens with two attached hydrogens (primary N) is 1. The van der Waals surface area contributed by atoms with Crippen LogP contribution in [0.15, 0.2) is 29.5 Å². The van der Waals surface area contributed by atoms with Crippen LogP contribution >= 0.6 is 0 Å². The Morgan fingerprint density at radius 1 is 1.17 bits per heavy atom. The van der Waals surface area contributed by atoms with Crippen molar-refractivity contribution in [1.29, 1.82) is 0 Å². The third kappa shape index (κ3) is 5.41. The number of nitrogens with one attached hydrogen (secondary N) is 3. The van der Waals surface area contributed by atoms with E-state index in [1.165, 1.54) is 14.2 Å². The van der Waals surface area contributed by atoms with Gasteiger partial charge in [-0.1, -0.05) is 6.92 Å². The second kappa shape index (κ2) is 10.0. The minimum Gasteiger partial charge on any atom is -0.467 e. The third-order valence-corrected chi connectivity index (χ3v) is 4.00. The molecule has 29 heavy (non-hydrogen) atoms. The van der Waals surface area contributed by atoms with Crippen molar-refractivity contribution < 1.29 is 14.3 Å². The summed E-state index contributed by atoms with van der Waals surface area (Å²) in [6.45, 7) is 4.17. The van der Waals surface area contributed by atoms with Gasteiger partial charge in [0, 0.05) is 31.5 Å². The maximum Gasteiger partial charge on any atom is 0.321 e. The van der Waals surface area contributed by atoms with E-state index < -0.39 is 6.03 Å². The fraction of sp³-hybridized carbons (Fsp3) is 0.316. The maximum atomic E-state index is 12.5. The lowest BCUT2D eigenvalue weighted by atomic mass is 9.97. The molecule has 0 bridgehead atoms. The highest BCUT2D eigenvalue weighted by Crippen LogP contribution is 2.31. The largest absolute Gasteiger partial charge is 0.467 e. The zero-order valence-corrected chi connectivity index (χ0v) is 16.9. The number of aryl methyl sites for hydroxylation is 1. The molecular weight excluding hydrogens is 374 g/mol. The lowest BCUT2D eigenvalue weighted by Gasteiger charge is -2.14. The van der Waals surface area contributed by atoms with Gasteiger partial charge in [0.1, 0.15) is 0 Å². The van der Waals surface area contributed by atoms with Gasteiger partial charge in [-0.15, -0.1) is 0 Å². The number of rotatable bonds is 6. The first-order valence-corrected chi connectivity index (χ1v) is 9.07. The molecule has 0 atom stereocenters. The van der Waals surface area contributed by atoms with Gasteiger partial charge in [-0.2, -0.15) is 0 Å². The molecule has 0 radical (unpaired) electrons. The van der Waals surface area contributed by atoms with Crippen LogP contribution in [0.5, 0.6) is 6.01 Å². The van der Waals surface area contributed by atoms with Gasteiger partial charge >= 0.3 is 12.0 Å². The molecule has 1 aromatic heterocycles. The summed E-state index contributed by atoms with van der Waals surface area (Å²) < 4.78 is 4.98. The molecule has 0 aliphatic rings. The lowest BCUT2D eigenvalue weighted by Crippen LogP contribution is -2.43. The van der Waals surface area contributed by atoms with Crippen molar-refractivity contribution in [3.63, 3.8) is 0 Å². The van der Waals surface area contributed by atoms with E-state index >= 15 is 0 Å². The van der Waals surface area contributed by atoms with Crippen LogP contribution in [0.25, 0.3) is 11.1 Å². The molecule has 2 rings (SSSR count). The van der Waals surface area contributed by atoms with Crippen molar-refractivity contribution in [1.82, 2.24) is 25.9 Å². The monoisotopic (exact) mass is 399 g/mol. The number of aliphatic imine (C=N–C) groups is 1. The topological polar surface area (TPSA) is 144 Å². The van der Waals surface area contributed by atoms with Crippen LogP contribution in [0.3, 0.4) is 0 Å². The van der Waals surface area contributed by atoms with Crippen molar-refractivity contribution >= 4 is 23.6 Å². The average Bonchev–Trinajstić information content (AvgIpc) is 2.73. The molecule has 154 valence electrons. The van der Waals surface area contributed by atoms with E-state index in [-0.39, 0.29) is 17.9 Å². The molecule has 0 spiro atoms. The van der Waals surface area contributed by atoms with E-state index in [0.717, 1.165) is 16.7 Å². The first kappa shape index (κ1) is 21.6. The van der Waals surface area contributed by atoms with Crippen molar-refractivity contribution in [2.45, 2.75) is 20.3 Å². The average molecular weight is 399 g/mol. The number of aromatic nitrogens is 2. The van der Waals surface area contributed by atoms with Gasteiger partial charge in [0.2, 0.25) is 5.96 Å². The standard InChI is InChI=1S/C19H25N7O3/c1-5-11-7-12(13-9-23-19(29-4)24-10-13)8-14(16(27)21-3)15(11)25-17(20)26-18(28)22-6-2/h7-10H,5-6H2,1-4H3,(H,21,27)(H4,20,22,25,26,28). The van der Waals surface area contributed by atoms with E-state index in [9.17, 15) is 9.59 Å². The van der Waals surface area contributed by atoms with Gasteiger partial charge in [0.05, 0.1) is 18.4 Å². The number of carbonyl (C=O) groups excluding carboxylic acids is 2. The lowest BCUT2D eigenvalue weighted by molar-refractivity contribution is 0.0963. The number of hydrogen-bond acceptors (Lipinski definition) is 6. The Bertz CT molecular complexity index is 911. The Labute approximate surface area is 169 Å². The molecule has 5 N–H and O–H groups in total. The number of nitrogens with zero attached hydrogens (tertiary/aromatic N) is 3. The molecule has 3 amide bonds. The summed E-state index contributed by atoms with van der Waals surface area (Å²) in [7, 11) is 3.01. The van der Waals surface area contributed by atoms with Crippen LogP contribution in [0.4, 0.5) is 10.5 Å². The fourth-order valence-corrected chi connectivity index (χ4v) is 2.61. The summed E-state index contributed by atoms with van der Waals surface area (Å²) >= 11 is 0. The summed E-state index contributed by atoms with van der Waals surface area (Å²) in [4.78, 5) is 36.7. The van der Waals surface area contributed by atoms with Crippen LogP contribution in [0.2, 0.25) is 0 Å². The number of hydrogen-bond donors (Lipinski definition) is 4. The predicted octanol–water partition coefficient (Wildman–Crippen LogP) is 1.34. The van der Waals surface area contributed by atoms with Crippen LogP contribution in [-0.4, -0.2) is 48.6 Å². The van der Waals surface area contributed by atoms with Gasteiger partial charge in [0.15, 0.2) is 0 Å². The minimum absolute atomic E-state index is 0.115. The molecule has 0 saturated heterocycles. The number of carbonyl (C=O) groups is 2. The molecule has 0 saturated carbocycles. The molecule has 0 aliphatic heterocycles. The molecular formula is C19H25N7O3. The molecule has 0 aliphatic carbocycles. The Hall–Kier alpha value is -3.69. The number of amides is 3. The second-order valence-corrected chi connectivity index (χ2v) is 5.90. The van der Waals surface area contributed by atoms with Gasteiger partial charge in [-0.05, 0) is 36.6 Å². The van der Waals surface area contributed by atoms with Gasteiger partial charge in [0.25, 0.3) is 5.91 Å². The van der Waals surface area contributed by atoms with E-state index in [4.69, 9.17) is 10.5 Å². The van der Waals surface area contributed by atoms with E-state index in [0.29, 0.717) is 24.2 Å². The van der Waals surface area contributed by atoms with Crippen LogP contribution < -0.4 is 26.4 Å². The Balaban J connectivity index is 2.55.